The number of hydrogen-bond donors (Lipinski definition) is 2. The molecule has 0 aromatic heterocycles. The average molecular weight is 68.0 g/mol. The van der Waals surface area contributed by atoms with Crippen LogP contribution in [0.2, 0.25) is 0 Å². The van der Waals surface area contributed by atoms with Gasteiger partial charge in [-0.2, -0.15) is 0 Å². The van der Waals surface area contributed by atoms with Gasteiger partial charge >= 0.3 is 29.6 Å². The van der Waals surface area contributed by atoms with Crippen molar-refractivity contribution in [2.75, 3.05) is 0 Å². The van der Waals surface area contributed by atoms with Gasteiger partial charge in [0.1, 0.15) is 11.1 Å². The third-order valence-corrected chi connectivity index (χ3v) is 0. The number of nitrogens with zero attached hydrogens (tertiary/aromatic N) is 1. The van der Waals surface area contributed by atoms with Gasteiger partial charge in [0.15, 0.2) is 0 Å². The van der Waals surface area contributed by atoms with E-state index in [1.165, 1.54) is 0 Å². The van der Waals surface area contributed by atoms with Crippen molar-refractivity contribution < 1.29 is 31.0 Å². The average Bonchev–Trinajstić information content (AvgIpc) is 0.918. The zero-order valence-corrected chi connectivity index (χ0v) is 4.45. The maximum Gasteiger partial charge on any atom is 1.00 e. The maximum atomic E-state index is 5.50. The first kappa shape index (κ1) is 8.85. The van der Waals surface area contributed by atoms with Crippen molar-refractivity contribution in [1.29, 1.82) is 11.1 Å². The molecule has 0 unspecified atom stereocenters. The molecule has 0 amide bonds. The van der Waals surface area contributed by atoms with Crippen molar-refractivity contribution in [2.45, 2.75) is 0 Å². The summed E-state index contributed by atoms with van der Waals surface area (Å²) in [5.41, 5.74) is 11.0. The molecule has 0 fully saturated rings. The quantitative estimate of drug-likeness (QED) is 0.175. The first-order chi connectivity index (χ1) is 1.41. The molecule has 4 heteroatoms. The van der Waals surface area contributed by atoms with Gasteiger partial charge in [0, 0.05) is 0 Å². The van der Waals surface area contributed by atoms with Gasteiger partial charge in [-0.25, -0.2) is 0 Å². The van der Waals surface area contributed by atoms with Crippen molar-refractivity contribution in [2.24, 2.45) is 0 Å². The van der Waals surface area contributed by atoms with Crippen molar-refractivity contribution in [3.05, 3.63) is 0 Å². The van der Waals surface area contributed by atoms with Crippen LogP contribution in [0.25, 0.3) is 0 Å². The molecule has 0 aliphatic heterocycles. The van der Waals surface area contributed by atoms with Gasteiger partial charge in [-0.1, -0.05) is 0 Å². The normalized spacial score (nSPS) is 2.00. The van der Waals surface area contributed by atoms with E-state index >= 15 is 0 Å². The SMILES string of the molecule is N=[N+]=N.[H-].[Na+]. The minimum Gasteiger partial charge on any atom is -1.00 e. The summed E-state index contributed by atoms with van der Waals surface area (Å²) in [5, 5.41) is 0. The summed E-state index contributed by atoms with van der Waals surface area (Å²) in [6, 6.07) is 0. The Kier molecular flexibility index (Phi) is 22.8. The summed E-state index contributed by atoms with van der Waals surface area (Å²) in [4.78, 5) is 2.00. The van der Waals surface area contributed by atoms with Crippen LogP contribution in [0.3, 0.4) is 0 Å². The molecule has 0 heterocycles. The topological polar surface area (TPSA) is 61.8 Å². The zero-order chi connectivity index (χ0) is 2.71. The van der Waals surface area contributed by atoms with Crippen molar-refractivity contribution >= 4 is 0 Å². The van der Waals surface area contributed by atoms with Crippen molar-refractivity contribution in [1.82, 2.24) is 4.91 Å². The van der Waals surface area contributed by atoms with Crippen LogP contribution in [0.15, 0.2) is 0 Å². The molecule has 4 heavy (non-hydrogen) atoms. The van der Waals surface area contributed by atoms with Gasteiger partial charge in [0.2, 0.25) is 4.91 Å². The van der Waals surface area contributed by atoms with Crippen molar-refractivity contribution in [3.8, 4) is 0 Å². The third kappa shape index (κ3) is 41.3. The zero-order valence-electron chi connectivity index (χ0n) is 3.45. The molecule has 0 saturated carbocycles. The van der Waals surface area contributed by atoms with Crippen molar-refractivity contribution in [3.63, 3.8) is 0 Å². The molecular weight excluding hydrogens is 65.0 g/mol. The summed E-state index contributed by atoms with van der Waals surface area (Å²) in [7, 11) is 0. The van der Waals surface area contributed by atoms with Gasteiger partial charge in [-0.3, -0.25) is 0 Å². The number of rotatable bonds is 0. The fraction of sp³-hybridized carbons (Fsp3) is 0. The van der Waals surface area contributed by atoms with E-state index in [0.29, 0.717) is 0 Å². The standard InChI is InChI=1S/H2N3.Na.H/c1-3-2;;/h1-2H;;/q2*+1;-1. The largest absolute Gasteiger partial charge is 1.00 e. The second kappa shape index (κ2) is 10.3. The van der Waals surface area contributed by atoms with Crippen LogP contribution in [-0.2, 0) is 0 Å². The minimum atomic E-state index is 0. The van der Waals surface area contributed by atoms with Crippen LogP contribution < -0.4 is 34.5 Å². The minimum absolute atomic E-state index is 0. The molecule has 0 bridgehead atoms. The van der Waals surface area contributed by atoms with Gasteiger partial charge in [-0.05, 0) is 0 Å². The second-order valence-corrected chi connectivity index (χ2v) is 0.112. The van der Waals surface area contributed by atoms with Gasteiger partial charge in [0.05, 0.1) is 0 Å². The van der Waals surface area contributed by atoms with E-state index in [1.807, 2.05) is 4.91 Å². The fourth-order valence-corrected chi connectivity index (χ4v) is 0. The predicted octanol–water partition coefficient (Wildman–Crippen LogP) is -2.77. The summed E-state index contributed by atoms with van der Waals surface area (Å²) >= 11 is 0. The molecule has 0 radical (unpaired) electrons. The summed E-state index contributed by atoms with van der Waals surface area (Å²) < 4.78 is 0. The van der Waals surface area contributed by atoms with E-state index in [0.717, 1.165) is 0 Å². The summed E-state index contributed by atoms with van der Waals surface area (Å²) in [6.45, 7) is 0. The first-order valence-corrected chi connectivity index (χ1v) is 0.447. The molecular formula is H3N3Na+. The Bertz CT molecular complexity index is 27.9. The second-order valence-electron chi connectivity index (χ2n) is 0.112. The molecule has 0 aliphatic carbocycles. The molecule has 0 spiro atoms. The van der Waals surface area contributed by atoms with Gasteiger partial charge < -0.3 is 1.43 Å². The molecule has 0 aliphatic rings. The van der Waals surface area contributed by atoms with Crippen LogP contribution in [-0.4, -0.2) is 0 Å². The molecule has 0 rings (SSSR count). The van der Waals surface area contributed by atoms with Crippen LogP contribution in [0.5, 0.6) is 0 Å². The molecule has 0 aromatic carbocycles. The van der Waals surface area contributed by atoms with Crippen LogP contribution in [0.1, 0.15) is 1.43 Å². The van der Waals surface area contributed by atoms with Crippen LogP contribution in [0, 0.1) is 11.1 Å². The van der Waals surface area contributed by atoms with E-state index in [4.69, 9.17) is 11.1 Å². The Morgan fingerprint density at radius 2 is 1.50 bits per heavy atom. The molecule has 3 nitrogen and oxygen atoms in total. The Hall–Kier alpha value is 0.310. The summed E-state index contributed by atoms with van der Waals surface area (Å²) in [5.74, 6) is 0. The Balaban J connectivity index is -0.0000000200. The maximum absolute atomic E-state index is 5.50. The molecule has 0 aromatic rings. The molecule has 18 valence electrons. The number of hydrogen-bond acceptors (Lipinski definition) is 2. The van der Waals surface area contributed by atoms with Gasteiger partial charge in [-0.15, -0.1) is 0 Å². The Morgan fingerprint density at radius 1 is 1.50 bits per heavy atom. The Morgan fingerprint density at radius 3 is 1.50 bits per heavy atom. The fourth-order valence-electron chi connectivity index (χ4n) is 0. The van der Waals surface area contributed by atoms with Gasteiger partial charge in [0.25, 0.3) is 0 Å². The van der Waals surface area contributed by atoms with E-state index in [9.17, 15) is 0 Å². The van der Waals surface area contributed by atoms with E-state index in [-0.39, 0.29) is 31.0 Å². The van der Waals surface area contributed by atoms with Crippen LogP contribution >= 0.6 is 0 Å². The van der Waals surface area contributed by atoms with E-state index in [2.05, 4.69) is 0 Å². The smallest absolute Gasteiger partial charge is 1.00 e. The Labute approximate surface area is 47.2 Å². The van der Waals surface area contributed by atoms with Crippen LogP contribution in [0.4, 0.5) is 0 Å². The van der Waals surface area contributed by atoms with E-state index in [1.54, 1.807) is 0 Å². The third-order valence-electron chi connectivity index (χ3n) is 0. The molecule has 0 saturated heterocycles. The number of nitrogens with one attached hydrogen (secondary N) is 2. The molecule has 0 atom stereocenters. The first-order valence-electron chi connectivity index (χ1n) is 0.447. The molecule has 2 N–H and O–H groups in total. The monoisotopic (exact) mass is 68.0 g/mol. The predicted molar refractivity (Wildman–Crippen MR) is 8.69 cm³/mol. The summed E-state index contributed by atoms with van der Waals surface area (Å²) in [6.07, 6.45) is 0. The van der Waals surface area contributed by atoms with E-state index < -0.39 is 0 Å².